The maximum Gasteiger partial charge on any atom is 0.341 e. The van der Waals surface area contributed by atoms with Crippen LogP contribution in [0, 0.1) is 46.8 Å². The van der Waals surface area contributed by atoms with Crippen molar-refractivity contribution in [3.63, 3.8) is 0 Å². The molecule has 3 heterocycles. The number of aliphatic hydroxyl groups excluding tert-OH is 2. The average Bonchev–Trinajstić information content (AvgIpc) is 3.40. The number of aliphatic hydroxyl groups is 6. The Morgan fingerprint density at radius 2 is 1.54 bits per heavy atom. The van der Waals surface area contributed by atoms with Gasteiger partial charge in [-0.15, -0.1) is 0 Å². The van der Waals surface area contributed by atoms with E-state index >= 15 is 0 Å². The van der Waals surface area contributed by atoms with Crippen molar-refractivity contribution in [3.05, 3.63) is 0 Å². The lowest BCUT2D eigenvalue weighted by molar-refractivity contribution is -0.301. The van der Waals surface area contributed by atoms with E-state index in [9.17, 15) is 49.8 Å². The van der Waals surface area contributed by atoms with Crippen LogP contribution in [0.25, 0.3) is 0 Å². The Balaban J connectivity index is 1.45. The maximum atomic E-state index is 13.9. The standard InChI is InChI=1S/C41H63NO15/c1-10-19(3)34(47)56-33-28(46)27-23(17-42-16-18(2)11-12-25(42)38(27,9)50)24-15-39-32(40(24,33)51)30(54-22(6)45)29(53-21(5)44)31-36(39,7)14-13-26(41(31,52)57-39)55-35(48)37(8,49)20(4)43/h18-20,23-33,43,46,49-52H,10-17H2,1-9H3/t18-,19+,20+,23-,24-,25-,26-,27+,28+,29-,30+,31-,32+,33-,36-,37+,38?,39+,40-,41+/m0/s1. The SMILES string of the molecule is CC[C@@H](C)C(=O)O[C@H]1[C@H](O)[C@H]2[C@@H](CN3C[C@@H](C)CC[C@H]3C2(C)O)[C@@H]2C[C@]34O[C@]5(O)[C@@H](OC(=O)[C@](C)(O)[C@@H](C)O)CC[C@@]3(C)[C@@H]5[C@@H](OC(C)=O)[C@@H](OC(C)=O)[C@H]4[C@@]21O. The van der Waals surface area contributed by atoms with Gasteiger partial charge in [0.25, 0.3) is 0 Å². The quantitative estimate of drug-likeness (QED) is 0.145. The summed E-state index contributed by atoms with van der Waals surface area (Å²) in [4.78, 5) is 55.6. The van der Waals surface area contributed by atoms with Gasteiger partial charge >= 0.3 is 23.9 Å². The zero-order chi connectivity index (χ0) is 42.2. The van der Waals surface area contributed by atoms with E-state index in [0.29, 0.717) is 31.8 Å². The fourth-order valence-electron chi connectivity index (χ4n) is 13.1. The molecule has 0 amide bonds. The number of carbonyl (C=O) groups is 4. The summed E-state index contributed by atoms with van der Waals surface area (Å²) in [7, 11) is 0. The van der Waals surface area contributed by atoms with Gasteiger partial charge in [-0.1, -0.05) is 27.7 Å². The van der Waals surface area contributed by atoms with Crippen LogP contribution in [0.3, 0.4) is 0 Å². The Hall–Kier alpha value is -2.44. The third-order valence-corrected chi connectivity index (χ3v) is 16.1. The molecule has 4 saturated carbocycles. The molecule has 0 aromatic rings. The van der Waals surface area contributed by atoms with Crippen LogP contribution in [0.4, 0.5) is 0 Å². The second-order valence-corrected chi connectivity index (χ2v) is 19.4. The predicted octanol–water partition coefficient (Wildman–Crippen LogP) is 0.578. The van der Waals surface area contributed by atoms with Crippen molar-refractivity contribution in [2.45, 2.75) is 172 Å². The fourth-order valence-corrected chi connectivity index (χ4v) is 13.1. The molecule has 57 heavy (non-hydrogen) atoms. The van der Waals surface area contributed by atoms with Gasteiger partial charge in [-0.2, -0.15) is 0 Å². The number of fused-ring (bicyclic) bond motifs is 5. The lowest BCUT2D eigenvalue weighted by atomic mass is 9.48. The molecule has 20 atom stereocenters. The van der Waals surface area contributed by atoms with Crippen molar-refractivity contribution in [2.75, 3.05) is 13.1 Å². The van der Waals surface area contributed by atoms with Crippen molar-refractivity contribution >= 4 is 23.9 Å². The van der Waals surface area contributed by atoms with Crippen LogP contribution in [0.15, 0.2) is 0 Å². The number of piperidine rings is 2. The molecule has 7 rings (SSSR count). The Kier molecular flexibility index (Phi) is 10.3. The van der Waals surface area contributed by atoms with Gasteiger partial charge in [0.15, 0.2) is 17.8 Å². The van der Waals surface area contributed by atoms with Gasteiger partial charge in [0, 0.05) is 44.3 Å². The normalized spacial score (nSPS) is 50.4. The predicted molar refractivity (Wildman–Crippen MR) is 196 cm³/mol. The van der Waals surface area contributed by atoms with Crippen LogP contribution in [-0.2, 0) is 42.9 Å². The summed E-state index contributed by atoms with van der Waals surface area (Å²) in [6, 6.07) is -0.329. The first-order chi connectivity index (χ1) is 26.3. The van der Waals surface area contributed by atoms with Crippen molar-refractivity contribution in [3.8, 4) is 0 Å². The van der Waals surface area contributed by atoms with E-state index in [2.05, 4.69) is 11.8 Å². The molecule has 4 bridgehead atoms. The zero-order valence-electron chi connectivity index (χ0n) is 34.5. The highest BCUT2D eigenvalue weighted by Gasteiger charge is 2.90. The maximum absolute atomic E-state index is 13.9. The molecule has 1 unspecified atom stereocenters. The Morgan fingerprint density at radius 3 is 2.12 bits per heavy atom. The van der Waals surface area contributed by atoms with Crippen LogP contribution in [0.2, 0.25) is 0 Å². The molecule has 322 valence electrons. The van der Waals surface area contributed by atoms with Crippen molar-refractivity contribution in [2.24, 2.45) is 46.8 Å². The van der Waals surface area contributed by atoms with Gasteiger partial charge in [0.05, 0.1) is 41.2 Å². The molecular formula is C41H63NO15. The number of carbonyl (C=O) groups excluding carboxylic acids is 4. The minimum Gasteiger partial charge on any atom is -0.458 e. The van der Waals surface area contributed by atoms with Gasteiger partial charge in [-0.3, -0.25) is 19.3 Å². The van der Waals surface area contributed by atoms with Gasteiger partial charge in [0.1, 0.15) is 17.8 Å². The van der Waals surface area contributed by atoms with Crippen LogP contribution >= 0.6 is 0 Å². The fraction of sp³-hybridized carbons (Fsp3) is 0.902. The number of hydrogen-bond donors (Lipinski definition) is 6. The molecule has 7 fully saturated rings. The molecule has 3 aliphatic heterocycles. The molecule has 0 aromatic heterocycles. The molecule has 7 aliphatic rings. The second-order valence-electron chi connectivity index (χ2n) is 19.4. The number of ether oxygens (including phenoxy) is 5. The number of esters is 4. The van der Waals surface area contributed by atoms with Crippen LogP contribution < -0.4 is 0 Å². The molecule has 16 nitrogen and oxygen atoms in total. The Bertz CT molecular complexity index is 1650. The van der Waals surface area contributed by atoms with E-state index in [4.69, 9.17) is 23.7 Å². The van der Waals surface area contributed by atoms with Crippen molar-refractivity contribution in [1.82, 2.24) is 4.90 Å². The minimum absolute atomic E-state index is 0.0170. The average molecular weight is 810 g/mol. The highest BCUT2D eigenvalue weighted by atomic mass is 16.7. The highest BCUT2D eigenvalue weighted by Crippen LogP contribution is 2.78. The van der Waals surface area contributed by atoms with E-state index in [1.54, 1.807) is 20.8 Å². The third kappa shape index (κ3) is 5.81. The second kappa shape index (κ2) is 13.8. The van der Waals surface area contributed by atoms with E-state index in [0.717, 1.165) is 27.2 Å². The molecule has 16 heteroatoms. The molecular weight excluding hydrogens is 746 g/mol. The van der Waals surface area contributed by atoms with Crippen molar-refractivity contribution in [1.29, 1.82) is 0 Å². The highest BCUT2D eigenvalue weighted by molar-refractivity contribution is 5.79. The minimum atomic E-state index is -2.47. The largest absolute Gasteiger partial charge is 0.458 e. The van der Waals surface area contributed by atoms with Crippen LogP contribution in [-0.4, -0.2) is 143 Å². The lowest BCUT2D eigenvalue weighted by Crippen LogP contribution is -2.78. The van der Waals surface area contributed by atoms with Gasteiger partial charge in [-0.05, 0) is 77.0 Å². The molecule has 6 N–H and O–H groups in total. The van der Waals surface area contributed by atoms with E-state index in [-0.39, 0.29) is 25.3 Å². The third-order valence-electron chi connectivity index (χ3n) is 16.1. The summed E-state index contributed by atoms with van der Waals surface area (Å²) in [5.41, 5.74) is -9.03. The van der Waals surface area contributed by atoms with Gasteiger partial charge in [0.2, 0.25) is 5.79 Å². The van der Waals surface area contributed by atoms with Gasteiger partial charge < -0.3 is 54.3 Å². The molecule has 4 aliphatic carbocycles. The molecule has 0 aromatic carbocycles. The molecule has 1 spiro atoms. The first-order valence-electron chi connectivity index (χ1n) is 20.8. The Morgan fingerprint density at radius 1 is 0.930 bits per heavy atom. The number of nitrogens with zero attached hydrogens (tertiary/aromatic N) is 1. The summed E-state index contributed by atoms with van der Waals surface area (Å²) >= 11 is 0. The summed E-state index contributed by atoms with van der Waals surface area (Å²) in [6.45, 7) is 14.7. The monoisotopic (exact) mass is 809 g/mol. The summed E-state index contributed by atoms with van der Waals surface area (Å²) < 4.78 is 31.1. The van der Waals surface area contributed by atoms with E-state index in [1.807, 2.05) is 6.92 Å². The summed E-state index contributed by atoms with van der Waals surface area (Å²) in [5.74, 6) is -11.5. The summed E-state index contributed by atoms with van der Waals surface area (Å²) in [6.07, 6.45) is -7.41. The van der Waals surface area contributed by atoms with Crippen LogP contribution in [0.1, 0.15) is 101 Å². The van der Waals surface area contributed by atoms with Crippen molar-refractivity contribution < 1.29 is 73.5 Å². The smallest absolute Gasteiger partial charge is 0.341 e. The van der Waals surface area contributed by atoms with Crippen LogP contribution in [0.5, 0.6) is 0 Å². The zero-order valence-corrected chi connectivity index (χ0v) is 34.5. The van der Waals surface area contributed by atoms with E-state index in [1.165, 1.54) is 6.92 Å². The number of rotatable bonds is 8. The first kappa shape index (κ1) is 42.7. The van der Waals surface area contributed by atoms with Gasteiger partial charge in [-0.25, -0.2) is 4.79 Å². The molecule has 0 radical (unpaired) electrons. The first-order valence-corrected chi connectivity index (χ1v) is 20.8. The summed E-state index contributed by atoms with van der Waals surface area (Å²) in [5, 5.41) is 73.2. The Labute approximate surface area is 333 Å². The van der Waals surface area contributed by atoms with E-state index < -0.39 is 130 Å². The number of hydrogen-bond acceptors (Lipinski definition) is 16. The topological polar surface area (TPSA) is 239 Å². The molecule has 3 saturated heterocycles. The lowest BCUT2D eigenvalue weighted by Gasteiger charge is -2.64.